The molecule has 0 unspecified atom stereocenters. The topological polar surface area (TPSA) is 107 Å². The Hall–Kier alpha value is -2.04. The minimum Gasteiger partial charge on any atom is -0.507 e. The van der Waals surface area contributed by atoms with Crippen LogP contribution in [-0.4, -0.2) is 45.7 Å². The number of aryl methyl sites for hydroxylation is 1. The molecular weight excluding hydrogens is 450 g/mol. The number of hydrogen-bond acceptors (Lipinski definition) is 9. The number of rotatable bonds is 2. The van der Waals surface area contributed by atoms with Gasteiger partial charge < -0.3 is 24.4 Å². The number of phenolic OH excluding ortho intramolecular Hbond substituents is 1. The molecule has 2 heterocycles. The average Bonchev–Trinajstić information content (AvgIpc) is 3.14. The van der Waals surface area contributed by atoms with Crippen LogP contribution in [0, 0.1) is 6.92 Å². The summed E-state index contributed by atoms with van der Waals surface area (Å²) in [6, 6.07) is 1.10. The standard InChI is InChI=1S/C19H22ClN3O5S2/c1-10-21-18(28-23-10)12-9-30-8-11-13(24)7-14(26-2)17(20)16(11)19(25)27-6-4-3-5-15(29)22-12/h7,12,24H,3-6,8-9H2,1-2H3,(H,22,29)/t12-/m0/s1. The fourth-order valence-corrected chi connectivity index (χ4v) is 4.65. The lowest BCUT2D eigenvalue weighted by Gasteiger charge is -2.19. The van der Waals surface area contributed by atoms with Crippen LogP contribution in [0.1, 0.15) is 52.9 Å². The number of cyclic esters (lactones) is 1. The van der Waals surface area contributed by atoms with E-state index in [2.05, 4.69) is 15.5 Å². The summed E-state index contributed by atoms with van der Waals surface area (Å²) in [6.45, 7) is 1.96. The highest BCUT2D eigenvalue weighted by atomic mass is 35.5. The zero-order valence-electron chi connectivity index (χ0n) is 16.6. The number of thioether (sulfide) groups is 1. The minimum atomic E-state index is -0.591. The van der Waals surface area contributed by atoms with Gasteiger partial charge in [-0.1, -0.05) is 29.0 Å². The molecule has 30 heavy (non-hydrogen) atoms. The van der Waals surface area contributed by atoms with Crippen molar-refractivity contribution < 1.29 is 23.9 Å². The van der Waals surface area contributed by atoms with Crippen LogP contribution >= 0.6 is 35.6 Å². The molecule has 0 amide bonds. The number of aromatic hydroxyl groups is 1. The SMILES string of the molecule is COc1cc(O)c2c(c1Cl)C(=O)OCCCCC(=S)N[C@H](c1nc(C)no1)CSC2. The first-order valence-electron chi connectivity index (χ1n) is 9.33. The Morgan fingerprint density at radius 2 is 2.23 bits per heavy atom. The number of thiocarbonyl (C=S) groups is 1. The number of methoxy groups -OCH3 is 1. The largest absolute Gasteiger partial charge is 0.507 e. The molecule has 11 heteroatoms. The lowest BCUT2D eigenvalue weighted by Crippen LogP contribution is -2.29. The van der Waals surface area contributed by atoms with Gasteiger partial charge in [-0.25, -0.2) is 4.79 Å². The van der Waals surface area contributed by atoms with E-state index in [-0.39, 0.29) is 34.7 Å². The fourth-order valence-electron chi connectivity index (χ4n) is 2.97. The number of carbonyl (C=O) groups is 1. The molecule has 2 aromatic rings. The Morgan fingerprint density at radius 1 is 1.43 bits per heavy atom. The molecule has 0 radical (unpaired) electrons. The van der Waals surface area contributed by atoms with E-state index in [1.54, 1.807) is 6.92 Å². The Morgan fingerprint density at radius 3 is 2.93 bits per heavy atom. The van der Waals surface area contributed by atoms with Gasteiger partial charge >= 0.3 is 5.97 Å². The van der Waals surface area contributed by atoms with Gasteiger partial charge in [-0.15, -0.1) is 0 Å². The highest BCUT2D eigenvalue weighted by Crippen LogP contribution is 2.39. The summed E-state index contributed by atoms with van der Waals surface area (Å²) in [5.74, 6) is 1.32. The minimum absolute atomic E-state index is 0.0866. The molecule has 0 saturated heterocycles. The Labute approximate surface area is 188 Å². The molecule has 2 N–H and O–H groups in total. The van der Waals surface area contributed by atoms with Crippen molar-refractivity contribution in [2.24, 2.45) is 0 Å². The van der Waals surface area contributed by atoms with Crippen LogP contribution in [0.4, 0.5) is 0 Å². The number of nitrogens with zero attached hydrogens (tertiary/aromatic N) is 2. The number of ether oxygens (including phenoxy) is 2. The Kier molecular flexibility index (Phi) is 7.79. The molecule has 8 nitrogen and oxygen atoms in total. The van der Waals surface area contributed by atoms with Gasteiger partial charge in [-0.3, -0.25) is 0 Å². The van der Waals surface area contributed by atoms with E-state index in [9.17, 15) is 9.90 Å². The van der Waals surface area contributed by atoms with Crippen molar-refractivity contribution >= 4 is 46.5 Å². The van der Waals surface area contributed by atoms with Gasteiger partial charge in [0.2, 0.25) is 5.89 Å². The third-order valence-electron chi connectivity index (χ3n) is 4.48. The van der Waals surface area contributed by atoms with Gasteiger partial charge in [0.05, 0.1) is 29.3 Å². The van der Waals surface area contributed by atoms with Gasteiger partial charge in [-0.2, -0.15) is 16.7 Å². The van der Waals surface area contributed by atoms with Gasteiger partial charge in [0.15, 0.2) is 5.82 Å². The number of nitrogens with one attached hydrogen (secondary N) is 1. The van der Waals surface area contributed by atoms with Crippen LogP contribution in [0.15, 0.2) is 10.6 Å². The maximum Gasteiger partial charge on any atom is 0.340 e. The van der Waals surface area contributed by atoms with E-state index in [0.717, 1.165) is 6.42 Å². The summed E-state index contributed by atoms with van der Waals surface area (Å²) >= 11 is 13.3. The first-order valence-corrected chi connectivity index (χ1v) is 11.3. The second kappa shape index (κ2) is 10.3. The van der Waals surface area contributed by atoms with Crippen LogP contribution in [0.2, 0.25) is 5.02 Å². The molecule has 0 aliphatic carbocycles. The zero-order valence-corrected chi connectivity index (χ0v) is 19.0. The number of halogens is 1. The van der Waals surface area contributed by atoms with Crippen LogP contribution < -0.4 is 10.1 Å². The monoisotopic (exact) mass is 471 g/mol. The fraction of sp³-hybridized carbons (Fsp3) is 0.474. The molecule has 0 spiro atoms. The molecular formula is C19H22ClN3O5S2. The van der Waals surface area contributed by atoms with Gasteiger partial charge in [0.1, 0.15) is 17.5 Å². The molecule has 0 saturated carbocycles. The second-order valence-corrected chi connectivity index (χ2v) is 8.57. The number of hydrogen-bond donors (Lipinski definition) is 2. The number of esters is 1. The normalized spacial score (nSPS) is 18.7. The third kappa shape index (κ3) is 5.35. The maximum atomic E-state index is 12.7. The summed E-state index contributed by atoms with van der Waals surface area (Å²) in [4.78, 5) is 17.7. The van der Waals surface area contributed by atoms with E-state index in [4.69, 9.17) is 37.8 Å². The Bertz CT molecular complexity index is 937. The Balaban J connectivity index is 1.91. The molecule has 0 fully saturated rings. The van der Waals surface area contributed by atoms with E-state index < -0.39 is 5.97 Å². The molecule has 0 bridgehead atoms. The molecule has 1 aliphatic heterocycles. The summed E-state index contributed by atoms with van der Waals surface area (Å²) < 4.78 is 15.9. The van der Waals surface area contributed by atoms with E-state index in [0.29, 0.717) is 46.6 Å². The molecule has 1 aliphatic rings. The van der Waals surface area contributed by atoms with Crippen molar-refractivity contribution in [1.82, 2.24) is 15.5 Å². The number of benzene rings is 1. The number of aromatic nitrogens is 2. The van der Waals surface area contributed by atoms with Crippen molar-refractivity contribution in [3.63, 3.8) is 0 Å². The van der Waals surface area contributed by atoms with Crippen LogP contribution in [0.3, 0.4) is 0 Å². The van der Waals surface area contributed by atoms with E-state index in [1.807, 2.05) is 0 Å². The van der Waals surface area contributed by atoms with Crippen molar-refractivity contribution in [1.29, 1.82) is 0 Å². The third-order valence-corrected chi connectivity index (χ3v) is 6.24. The van der Waals surface area contributed by atoms with E-state index >= 15 is 0 Å². The highest BCUT2D eigenvalue weighted by molar-refractivity contribution is 7.98. The summed E-state index contributed by atoms with van der Waals surface area (Å²) in [7, 11) is 1.42. The number of carbonyl (C=O) groups excluding carboxylic acids is 1. The molecule has 162 valence electrons. The first-order chi connectivity index (χ1) is 14.4. The van der Waals surface area contributed by atoms with Gasteiger partial charge in [-0.05, 0) is 26.2 Å². The summed E-state index contributed by atoms with van der Waals surface area (Å²) in [6.07, 6.45) is 2.02. The first kappa shape index (κ1) is 22.6. The quantitative estimate of drug-likeness (QED) is 0.493. The summed E-state index contributed by atoms with van der Waals surface area (Å²) in [5, 5.41) is 17.8. The highest BCUT2D eigenvalue weighted by Gasteiger charge is 2.26. The zero-order chi connectivity index (χ0) is 21.7. The van der Waals surface area contributed by atoms with E-state index in [1.165, 1.54) is 24.9 Å². The van der Waals surface area contributed by atoms with Gasteiger partial charge in [0, 0.05) is 23.1 Å². The van der Waals surface area contributed by atoms with Crippen molar-refractivity contribution in [2.45, 2.75) is 38.0 Å². The van der Waals surface area contributed by atoms with Crippen molar-refractivity contribution in [2.75, 3.05) is 19.5 Å². The lowest BCUT2D eigenvalue weighted by atomic mass is 10.1. The maximum absolute atomic E-state index is 12.7. The second-order valence-electron chi connectivity index (χ2n) is 6.67. The van der Waals surface area contributed by atoms with Crippen molar-refractivity contribution in [3.05, 3.63) is 33.9 Å². The number of phenols is 1. The van der Waals surface area contributed by atoms with Gasteiger partial charge in [0.25, 0.3) is 0 Å². The molecule has 1 aromatic heterocycles. The summed E-state index contributed by atoms with van der Waals surface area (Å²) in [5.41, 5.74) is 0.502. The van der Waals surface area contributed by atoms with Crippen LogP contribution in [0.5, 0.6) is 11.5 Å². The predicted octanol–water partition coefficient (Wildman–Crippen LogP) is 3.98. The number of fused-ring (bicyclic) bond motifs is 1. The molecule has 3 rings (SSSR count). The lowest BCUT2D eigenvalue weighted by molar-refractivity contribution is 0.0497. The average molecular weight is 472 g/mol. The van der Waals surface area contributed by atoms with Crippen LogP contribution in [-0.2, 0) is 10.5 Å². The smallest absolute Gasteiger partial charge is 0.340 e. The van der Waals surface area contributed by atoms with Crippen molar-refractivity contribution in [3.8, 4) is 11.5 Å². The van der Waals surface area contributed by atoms with Crippen LogP contribution in [0.25, 0.3) is 0 Å². The molecule has 1 atom stereocenters. The molecule has 1 aromatic carbocycles. The predicted molar refractivity (Wildman–Crippen MR) is 117 cm³/mol.